The summed E-state index contributed by atoms with van der Waals surface area (Å²) < 4.78 is 9.37. The summed E-state index contributed by atoms with van der Waals surface area (Å²) in [5, 5.41) is 5.44. The molecular weight excluding hydrogens is 719 g/mol. The van der Waals surface area contributed by atoms with Gasteiger partial charge < -0.3 is 8.98 Å². The summed E-state index contributed by atoms with van der Waals surface area (Å²) >= 11 is 0. The number of nitrogens with zero attached hydrogens (tertiary/aromatic N) is 3. The van der Waals surface area contributed by atoms with Gasteiger partial charge in [0.05, 0.1) is 27.9 Å². The van der Waals surface area contributed by atoms with Crippen LogP contribution in [0.3, 0.4) is 0 Å². The first-order valence-corrected chi connectivity index (χ1v) is 20.1. The topological polar surface area (TPSA) is 43.9 Å². The average molecular weight is 754 g/mol. The van der Waals surface area contributed by atoms with Gasteiger partial charge in [0.25, 0.3) is 0 Å². The van der Waals surface area contributed by atoms with E-state index in [0.29, 0.717) is 5.82 Å². The van der Waals surface area contributed by atoms with Crippen LogP contribution in [0.1, 0.15) is 12.0 Å². The molecule has 3 aromatic heterocycles. The summed E-state index contributed by atoms with van der Waals surface area (Å²) in [6.45, 7) is 0. The van der Waals surface area contributed by atoms with Crippen LogP contribution in [-0.4, -0.2) is 14.5 Å². The lowest BCUT2D eigenvalue weighted by Gasteiger charge is -2.11. The van der Waals surface area contributed by atoms with Gasteiger partial charge in [0, 0.05) is 38.1 Å². The summed E-state index contributed by atoms with van der Waals surface area (Å²) in [5.74, 6) is 0.664. The molecule has 11 aromatic rings. The number of furan rings is 1. The number of fused-ring (bicyclic) bond motifs is 7. The highest BCUT2D eigenvalue weighted by atomic mass is 16.3. The van der Waals surface area contributed by atoms with Gasteiger partial charge in [-0.25, -0.2) is 9.97 Å². The number of rotatable bonds is 6. The minimum Gasteiger partial charge on any atom is -0.454 e. The summed E-state index contributed by atoms with van der Waals surface area (Å²) in [6, 6.07) is 64.5. The van der Waals surface area contributed by atoms with Crippen molar-refractivity contribution in [2.75, 3.05) is 0 Å². The first-order chi connectivity index (χ1) is 29.2. The van der Waals surface area contributed by atoms with E-state index < -0.39 is 0 Å². The van der Waals surface area contributed by atoms with Gasteiger partial charge in [-0.2, -0.15) is 0 Å². The highest BCUT2D eigenvalue weighted by Crippen LogP contribution is 2.43. The fraction of sp³-hybridized carbons (Fsp3) is 0.0182. The van der Waals surface area contributed by atoms with Crippen LogP contribution >= 0.6 is 0 Å². The highest BCUT2D eigenvalue weighted by Gasteiger charge is 2.22. The Balaban J connectivity index is 1.07. The second-order valence-electron chi connectivity index (χ2n) is 15.3. The number of hydrogen-bond acceptors (Lipinski definition) is 3. The van der Waals surface area contributed by atoms with Gasteiger partial charge in [0.2, 0.25) is 0 Å². The van der Waals surface area contributed by atoms with Gasteiger partial charge in [-0.15, -0.1) is 0 Å². The van der Waals surface area contributed by atoms with E-state index >= 15 is 0 Å². The smallest absolute Gasteiger partial charge is 0.161 e. The van der Waals surface area contributed by atoms with Gasteiger partial charge in [0.1, 0.15) is 5.58 Å². The Kier molecular flexibility index (Phi) is 7.57. The zero-order valence-electron chi connectivity index (χ0n) is 32.0. The van der Waals surface area contributed by atoms with Crippen molar-refractivity contribution >= 4 is 60.2 Å². The average Bonchev–Trinajstić information content (AvgIpc) is 4.06. The SMILES string of the molecule is C1=CCC(c2ccc3c4ccc(-c5ccccc5)cc4n(-c4cccc5c4oc4cccc(-c6nc(-c7ccc(-c8ccccc8)cc7)c7ccccc7n6)c45)c3c2)=C1. The van der Waals surface area contributed by atoms with Gasteiger partial charge in [-0.05, 0) is 70.1 Å². The van der Waals surface area contributed by atoms with Crippen LogP contribution in [0.5, 0.6) is 0 Å². The summed E-state index contributed by atoms with van der Waals surface area (Å²) in [6.07, 6.45) is 7.53. The van der Waals surface area contributed by atoms with Crippen molar-refractivity contribution in [3.05, 3.63) is 206 Å². The van der Waals surface area contributed by atoms with Crippen molar-refractivity contribution in [2.45, 2.75) is 6.42 Å². The van der Waals surface area contributed by atoms with E-state index in [4.69, 9.17) is 14.4 Å². The second kappa shape index (κ2) is 13.4. The van der Waals surface area contributed by atoms with E-state index in [1.807, 2.05) is 12.1 Å². The minimum absolute atomic E-state index is 0.664. The molecule has 0 radical (unpaired) electrons. The van der Waals surface area contributed by atoms with Crippen molar-refractivity contribution in [3.8, 4) is 50.6 Å². The van der Waals surface area contributed by atoms with E-state index in [0.717, 1.165) is 72.8 Å². The molecule has 0 amide bonds. The second-order valence-corrected chi connectivity index (χ2v) is 15.3. The maximum atomic E-state index is 6.97. The highest BCUT2D eigenvalue weighted by molar-refractivity contribution is 6.16. The zero-order valence-corrected chi connectivity index (χ0v) is 32.0. The molecule has 0 N–H and O–H groups in total. The Morgan fingerprint density at radius 2 is 1.10 bits per heavy atom. The largest absolute Gasteiger partial charge is 0.454 e. The normalized spacial score (nSPS) is 12.7. The molecule has 0 fully saturated rings. The Hall–Kier alpha value is -7.82. The standard InChI is InChI=1S/C55H35N3O/c1-3-13-35(14-4-1)38-25-27-39(28-26-38)53-44-19-9-10-22-47(44)56-55(57-53)46-21-12-24-51-52(46)45-20-11-23-48(54(45)59-51)58-49-33-40(36-15-5-2-6-16-36)29-31-42(49)43-32-30-41(34-50(43)58)37-17-7-8-18-37/h1-17,19-34H,18H2. The molecule has 276 valence electrons. The molecule has 0 saturated carbocycles. The van der Waals surface area contributed by atoms with E-state index in [1.165, 1.54) is 44.2 Å². The minimum atomic E-state index is 0.664. The molecule has 1 aliphatic rings. The molecule has 1 aliphatic carbocycles. The summed E-state index contributed by atoms with van der Waals surface area (Å²) in [7, 11) is 0. The van der Waals surface area contributed by atoms with E-state index in [1.54, 1.807) is 0 Å². The van der Waals surface area contributed by atoms with Crippen LogP contribution in [0.4, 0.5) is 0 Å². The van der Waals surface area contributed by atoms with Crippen LogP contribution in [0.25, 0.3) is 111 Å². The van der Waals surface area contributed by atoms with Gasteiger partial charge in [-0.1, -0.05) is 170 Å². The van der Waals surface area contributed by atoms with Crippen molar-refractivity contribution in [2.24, 2.45) is 0 Å². The number of hydrogen-bond donors (Lipinski definition) is 0. The predicted octanol–water partition coefficient (Wildman–Crippen LogP) is 14.6. The van der Waals surface area contributed by atoms with Crippen LogP contribution in [0.2, 0.25) is 0 Å². The van der Waals surface area contributed by atoms with Crippen LogP contribution in [-0.2, 0) is 0 Å². The monoisotopic (exact) mass is 753 g/mol. The first kappa shape index (κ1) is 33.3. The lowest BCUT2D eigenvalue weighted by atomic mass is 10.0. The summed E-state index contributed by atoms with van der Waals surface area (Å²) in [4.78, 5) is 10.6. The fourth-order valence-electron chi connectivity index (χ4n) is 9.01. The summed E-state index contributed by atoms with van der Waals surface area (Å²) in [5.41, 5.74) is 15.9. The molecule has 12 rings (SSSR count). The number of para-hydroxylation sites is 2. The molecule has 0 aliphatic heterocycles. The third-order valence-corrected chi connectivity index (χ3v) is 11.9. The Morgan fingerprint density at radius 1 is 0.475 bits per heavy atom. The molecule has 4 nitrogen and oxygen atoms in total. The van der Waals surface area contributed by atoms with Crippen LogP contribution in [0, 0.1) is 0 Å². The van der Waals surface area contributed by atoms with Gasteiger partial charge in [-0.3, -0.25) is 0 Å². The molecule has 8 aromatic carbocycles. The molecule has 0 saturated heterocycles. The Bertz CT molecular complexity index is 3500. The maximum Gasteiger partial charge on any atom is 0.161 e. The molecule has 0 spiro atoms. The van der Waals surface area contributed by atoms with E-state index in [9.17, 15) is 0 Å². The molecule has 0 atom stereocenters. The van der Waals surface area contributed by atoms with Crippen molar-refractivity contribution in [1.29, 1.82) is 0 Å². The van der Waals surface area contributed by atoms with Crippen molar-refractivity contribution in [3.63, 3.8) is 0 Å². The maximum absolute atomic E-state index is 6.97. The molecule has 3 heterocycles. The number of aromatic nitrogens is 3. The zero-order chi connectivity index (χ0) is 38.9. The van der Waals surface area contributed by atoms with Crippen LogP contribution < -0.4 is 0 Å². The Labute approximate surface area is 340 Å². The van der Waals surface area contributed by atoms with Gasteiger partial charge in [0.15, 0.2) is 11.4 Å². The van der Waals surface area contributed by atoms with Crippen molar-refractivity contribution in [1.82, 2.24) is 14.5 Å². The van der Waals surface area contributed by atoms with Gasteiger partial charge >= 0.3 is 0 Å². The van der Waals surface area contributed by atoms with E-state index in [2.05, 4.69) is 193 Å². The lowest BCUT2D eigenvalue weighted by Crippen LogP contribution is -1.96. The molecule has 4 heteroatoms. The predicted molar refractivity (Wildman–Crippen MR) is 245 cm³/mol. The molecule has 0 unspecified atom stereocenters. The number of benzene rings is 8. The third kappa shape index (κ3) is 5.45. The van der Waals surface area contributed by atoms with Crippen LogP contribution in [0.15, 0.2) is 205 Å². The lowest BCUT2D eigenvalue weighted by molar-refractivity contribution is 0.666. The Morgan fingerprint density at radius 3 is 1.86 bits per heavy atom. The quantitative estimate of drug-likeness (QED) is 0.170. The molecular formula is C55H35N3O. The third-order valence-electron chi connectivity index (χ3n) is 11.9. The fourth-order valence-corrected chi connectivity index (χ4v) is 9.01. The molecule has 59 heavy (non-hydrogen) atoms. The molecule has 0 bridgehead atoms. The first-order valence-electron chi connectivity index (χ1n) is 20.1. The van der Waals surface area contributed by atoms with Crippen molar-refractivity contribution < 1.29 is 4.42 Å². The number of allylic oxidation sites excluding steroid dienone is 4. The van der Waals surface area contributed by atoms with E-state index in [-0.39, 0.29) is 0 Å².